The van der Waals surface area contributed by atoms with Gasteiger partial charge in [-0.1, -0.05) is 19.4 Å². The third-order valence-electron chi connectivity index (χ3n) is 6.13. The van der Waals surface area contributed by atoms with Crippen molar-refractivity contribution in [3.8, 4) is 17.2 Å². The first-order valence-corrected chi connectivity index (χ1v) is 11.2. The fourth-order valence-corrected chi connectivity index (χ4v) is 4.37. The average Bonchev–Trinajstić information content (AvgIpc) is 2.81. The number of hydrogen-bond donors (Lipinski definition) is 0. The Balaban J connectivity index is 1.56. The van der Waals surface area contributed by atoms with Crippen LogP contribution in [0.2, 0.25) is 0 Å². The second kappa shape index (κ2) is 9.65. The summed E-state index contributed by atoms with van der Waals surface area (Å²) in [6.45, 7) is 6.30. The van der Waals surface area contributed by atoms with E-state index < -0.39 is 0 Å². The maximum atomic E-state index is 12.1. The fraction of sp³-hybridized carbons (Fsp3) is 0.423. The van der Waals surface area contributed by atoms with E-state index >= 15 is 0 Å². The maximum Gasteiger partial charge on any atom is 0.336 e. The van der Waals surface area contributed by atoms with Crippen LogP contribution in [0.5, 0.6) is 17.2 Å². The van der Waals surface area contributed by atoms with Crippen LogP contribution in [-0.4, -0.2) is 32.4 Å². The highest BCUT2D eigenvalue weighted by Gasteiger charge is 2.23. The molecule has 1 aromatic heterocycles. The molecule has 32 heavy (non-hydrogen) atoms. The Bertz CT molecular complexity index is 1170. The van der Waals surface area contributed by atoms with Crippen molar-refractivity contribution in [3.63, 3.8) is 0 Å². The van der Waals surface area contributed by atoms with Crippen LogP contribution in [-0.2, 0) is 19.4 Å². The molecule has 0 aliphatic carbocycles. The van der Waals surface area contributed by atoms with Crippen LogP contribution in [0.3, 0.4) is 0 Å². The summed E-state index contributed by atoms with van der Waals surface area (Å²) in [4.78, 5) is 14.4. The fourth-order valence-electron chi connectivity index (χ4n) is 4.37. The molecule has 2 heterocycles. The monoisotopic (exact) mass is 437 g/mol. The molecule has 0 unspecified atom stereocenters. The minimum absolute atomic E-state index is 0.293. The molecule has 0 saturated carbocycles. The van der Waals surface area contributed by atoms with E-state index in [2.05, 4.69) is 24.0 Å². The quantitative estimate of drug-likeness (QED) is 0.469. The standard InChI is InChI=1S/C26H31NO5/c1-5-6-7-19-14-24(28)32-26-17(2)25-20(13-21(19)26)15-27(16-31-25)11-10-18-8-9-22(29-3)23(12-18)30-4/h8-9,12-14H,5-7,10-11,15-16H2,1-4H3. The first kappa shape index (κ1) is 22.2. The lowest BCUT2D eigenvalue weighted by Crippen LogP contribution is -2.34. The zero-order valence-corrected chi connectivity index (χ0v) is 19.3. The predicted octanol–water partition coefficient (Wildman–Crippen LogP) is 4.86. The lowest BCUT2D eigenvalue weighted by Gasteiger charge is -2.30. The minimum Gasteiger partial charge on any atom is -0.493 e. The smallest absolute Gasteiger partial charge is 0.336 e. The summed E-state index contributed by atoms with van der Waals surface area (Å²) in [5, 5.41) is 1.03. The van der Waals surface area contributed by atoms with Crippen molar-refractivity contribution in [1.29, 1.82) is 0 Å². The number of unbranched alkanes of at least 4 members (excludes halogenated alkanes) is 1. The van der Waals surface area contributed by atoms with Crippen LogP contribution in [0.4, 0.5) is 0 Å². The summed E-state index contributed by atoms with van der Waals surface area (Å²) in [5.74, 6) is 2.32. The van der Waals surface area contributed by atoms with E-state index in [1.165, 1.54) is 5.56 Å². The molecule has 2 aromatic carbocycles. The number of ether oxygens (including phenoxy) is 3. The Morgan fingerprint density at radius 2 is 1.88 bits per heavy atom. The summed E-state index contributed by atoms with van der Waals surface area (Å²) in [6.07, 6.45) is 3.88. The highest BCUT2D eigenvalue weighted by Crippen LogP contribution is 2.36. The van der Waals surface area contributed by atoms with Crippen molar-refractivity contribution >= 4 is 11.0 Å². The van der Waals surface area contributed by atoms with Gasteiger partial charge >= 0.3 is 5.63 Å². The van der Waals surface area contributed by atoms with Gasteiger partial charge in [0.05, 0.1) is 14.2 Å². The zero-order chi connectivity index (χ0) is 22.7. The summed E-state index contributed by atoms with van der Waals surface area (Å²) < 4.78 is 22.5. The van der Waals surface area contributed by atoms with Gasteiger partial charge in [-0.05, 0) is 55.5 Å². The average molecular weight is 438 g/mol. The molecule has 6 heteroatoms. The molecule has 3 aromatic rings. The minimum atomic E-state index is -0.293. The Labute approximate surface area is 188 Å². The molecule has 1 aliphatic heterocycles. The lowest BCUT2D eigenvalue weighted by atomic mass is 9.98. The number of rotatable bonds is 8. The molecule has 0 bridgehead atoms. The number of aryl methyl sites for hydroxylation is 2. The van der Waals surface area contributed by atoms with Gasteiger partial charge in [-0.15, -0.1) is 0 Å². The summed E-state index contributed by atoms with van der Waals surface area (Å²) in [7, 11) is 3.30. The van der Waals surface area contributed by atoms with Crippen LogP contribution in [0, 0.1) is 6.92 Å². The number of fused-ring (bicyclic) bond motifs is 2. The van der Waals surface area contributed by atoms with Crippen molar-refractivity contribution in [1.82, 2.24) is 4.90 Å². The molecule has 0 spiro atoms. The van der Waals surface area contributed by atoms with Crippen LogP contribution >= 0.6 is 0 Å². The van der Waals surface area contributed by atoms with E-state index in [-0.39, 0.29) is 5.63 Å². The molecule has 0 fully saturated rings. The highest BCUT2D eigenvalue weighted by atomic mass is 16.5. The Kier molecular flexibility index (Phi) is 6.70. The predicted molar refractivity (Wildman–Crippen MR) is 125 cm³/mol. The molecule has 0 saturated heterocycles. The molecule has 0 radical (unpaired) electrons. The van der Waals surface area contributed by atoms with Gasteiger partial charge in [0.25, 0.3) is 0 Å². The number of hydrogen-bond acceptors (Lipinski definition) is 6. The van der Waals surface area contributed by atoms with Gasteiger partial charge in [-0.2, -0.15) is 0 Å². The third kappa shape index (κ3) is 4.46. The largest absolute Gasteiger partial charge is 0.493 e. The van der Waals surface area contributed by atoms with Crippen molar-refractivity contribution in [2.75, 3.05) is 27.5 Å². The Morgan fingerprint density at radius 3 is 2.62 bits per heavy atom. The van der Waals surface area contributed by atoms with E-state index in [4.69, 9.17) is 18.6 Å². The second-order valence-electron chi connectivity index (χ2n) is 8.33. The van der Waals surface area contributed by atoms with Crippen molar-refractivity contribution in [2.45, 2.75) is 46.1 Å². The number of benzene rings is 2. The van der Waals surface area contributed by atoms with Gasteiger partial charge in [-0.3, -0.25) is 4.90 Å². The van der Waals surface area contributed by atoms with Crippen LogP contribution in [0.25, 0.3) is 11.0 Å². The molecule has 0 atom stereocenters. The summed E-state index contributed by atoms with van der Waals surface area (Å²) >= 11 is 0. The van der Waals surface area contributed by atoms with Gasteiger partial charge < -0.3 is 18.6 Å². The van der Waals surface area contributed by atoms with Crippen molar-refractivity contribution < 1.29 is 18.6 Å². The van der Waals surface area contributed by atoms with Gasteiger partial charge in [0, 0.05) is 35.7 Å². The first-order chi connectivity index (χ1) is 15.5. The van der Waals surface area contributed by atoms with E-state index in [0.717, 1.165) is 78.1 Å². The molecule has 4 rings (SSSR count). The van der Waals surface area contributed by atoms with Gasteiger partial charge in [-0.25, -0.2) is 4.79 Å². The van der Waals surface area contributed by atoms with Crippen LogP contribution < -0.4 is 19.8 Å². The van der Waals surface area contributed by atoms with Crippen molar-refractivity contribution in [2.24, 2.45) is 0 Å². The Hall–Kier alpha value is -2.99. The first-order valence-electron chi connectivity index (χ1n) is 11.2. The number of methoxy groups -OCH3 is 2. The van der Waals surface area contributed by atoms with E-state index in [9.17, 15) is 4.79 Å². The molecule has 1 aliphatic rings. The van der Waals surface area contributed by atoms with Crippen LogP contribution in [0.1, 0.15) is 42.0 Å². The molecule has 0 amide bonds. The van der Waals surface area contributed by atoms with Gasteiger partial charge in [0.1, 0.15) is 18.1 Å². The summed E-state index contributed by atoms with van der Waals surface area (Å²) in [6, 6.07) is 9.82. The molecule has 0 N–H and O–H groups in total. The van der Waals surface area contributed by atoms with Gasteiger partial charge in [0.2, 0.25) is 0 Å². The summed E-state index contributed by atoms with van der Waals surface area (Å²) in [5.41, 5.74) is 4.66. The van der Waals surface area contributed by atoms with Gasteiger partial charge in [0.15, 0.2) is 11.5 Å². The topological polar surface area (TPSA) is 61.1 Å². The molecule has 170 valence electrons. The van der Waals surface area contributed by atoms with E-state index in [1.54, 1.807) is 20.3 Å². The van der Waals surface area contributed by atoms with E-state index in [1.807, 2.05) is 19.1 Å². The third-order valence-corrected chi connectivity index (χ3v) is 6.13. The van der Waals surface area contributed by atoms with E-state index in [0.29, 0.717) is 12.3 Å². The zero-order valence-electron chi connectivity index (χ0n) is 19.3. The molecular weight excluding hydrogens is 406 g/mol. The highest BCUT2D eigenvalue weighted by molar-refractivity contribution is 5.86. The maximum absolute atomic E-state index is 12.1. The molecule has 6 nitrogen and oxygen atoms in total. The second-order valence-corrected chi connectivity index (χ2v) is 8.33. The SMILES string of the molecule is CCCCc1cc(=O)oc2c(C)c3c(cc12)CN(CCc1ccc(OC)c(OC)c1)CO3. The van der Waals surface area contributed by atoms with Crippen molar-refractivity contribution in [3.05, 3.63) is 63.0 Å². The van der Waals surface area contributed by atoms with Crippen LogP contribution in [0.15, 0.2) is 39.5 Å². The molecular formula is C26H31NO5. The number of nitrogens with zero attached hydrogens (tertiary/aromatic N) is 1. The normalized spacial score (nSPS) is 13.6. The Morgan fingerprint density at radius 1 is 1.06 bits per heavy atom. The lowest BCUT2D eigenvalue weighted by molar-refractivity contribution is 0.0959.